The summed E-state index contributed by atoms with van der Waals surface area (Å²) in [6.45, 7) is 3.86. The lowest BCUT2D eigenvalue weighted by Crippen LogP contribution is -2.43. The van der Waals surface area contributed by atoms with Gasteiger partial charge in [-0.25, -0.2) is 4.79 Å². The zero-order chi connectivity index (χ0) is 19.6. The smallest absolute Gasteiger partial charge is 0.327 e. The molecule has 0 saturated carbocycles. The van der Waals surface area contributed by atoms with E-state index in [1.807, 2.05) is 6.07 Å². The van der Waals surface area contributed by atoms with Crippen molar-refractivity contribution in [2.45, 2.75) is 38.3 Å². The molecular weight excluding hydrogens is 350 g/mol. The predicted molar refractivity (Wildman–Crippen MR) is 95.4 cm³/mol. The molecule has 2 aliphatic heterocycles. The van der Waals surface area contributed by atoms with Gasteiger partial charge >= 0.3 is 12.0 Å². The van der Waals surface area contributed by atoms with Crippen LogP contribution in [0.25, 0.3) is 0 Å². The monoisotopic (exact) mass is 373 g/mol. The number of carbonyl (C=O) groups excluding carboxylic acids is 4. The molecule has 2 saturated heterocycles. The number of esters is 1. The van der Waals surface area contributed by atoms with E-state index in [1.165, 1.54) is 6.92 Å². The molecule has 1 N–H and O–H groups in total. The summed E-state index contributed by atoms with van der Waals surface area (Å²) in [6.07, 6.45) is 0.928. The van der Waals surface area contributed by atoms with E-state index in [9.17, 15) is 19.2 Å². The summed E-state index contributed by atoms with van der Waals surface area (Å²) >= 11 is 0. The minimum absolute atomic E-state index is 0.257. The Morgan fingerprint density at radius 3 is 2.44 bits per heavy atom. The lowest BCUT2D eigenvalue weighted by Gasteiger charge is -2.23. The first-order valence-corrected chi connectivity index (χ1v) is 9.01. The van der Waals surface area contributed by atoms with Crippen molar-refractivity contribution in [3.63, 3.8) is 0 Å². The summed E-state index contributed by atoms with van der Waals surface area (Å²) in [5.74, 6) is -1.59. The van der Waals surface area contributed by atoms with Crippen LogP contribution in [0.1, 0.15) is 32.3 Å². The largest absolute Gasteiger partial charge is 0.451 e. The van der Waals surface area contributed by atoms with Crippen LogP contribution in [-0.2, 0) is 24.7 Å². The first-order valence-electron chi connectivity index (χ1n) is 9.01. The fourth-order valence-corrected chi connectivity index (χ4v) is 3.42. The van der Waals surface area contributed by atoms with Crippen molar-refractivity contribution in [1.29, 1.82) is 0 Å². The van der Waals surface area contributed by atoms with Crippen LogP contribution in [0.5, 0.6) is 0 Å². The van der Waals surface area contributed by atoms with Gasteiger partial charge in [0.2, 0.25) is 0 Å². The van der Waals surface area contributed by atoms with E-state index in [0.717, 1.165) is 17.7 Å². The van der Waals surface area contributed by atoms with E-state index < -0.39 is 36.1 Å². The van der Waals surface area contributed by atoms with E-state index >= 15 is 0 Å². The Balaban J connectivity index is 1.63. The molecule has 3 rings (SSSR count). The molecule has 1 aromatic rings. The Morgan fingerprint density at radius 1 is 1.19 bits per heavy atom. The van der Waals surface area contributed by atoms with Gasteiger partial charge in [0.15, 0.2) is 6.10 Å². The highest BCUT2D eigenvalue weighted by atomic mass is 16.5. The van der Waals surface area contributed by atoms with Crippen molar-refractivity contribution in [1.82, 2.24) is 15.1 Å². The van der Waals surface area contributed by atoms with Crippen LogP contribution in [0.3, 0.4) is 0 Å². The van der Waals surface area contributed by atoms with Gasteiger partial charge in [-0.05, 0) is 32.3 Å². The number of urea groups is 1. The summed E-state index contributed by atoms with van der Waals surface area (Å²) < 4.78 is 5.15. The summed E-state index contributed by atoms with van der Waals surface area (Å²) in [6, 6.07) is 8.14. The normalized spacial score (nSPS) is 23.3. The second kappa shape index (κ2) is 7.38. The van der Waals surface area contributed by atoms with Crippen molar-refractivity contribution in [2.75, 3.05) is 19.6 Å². The van der Waals surface area contributed by atoms with Crippen LogP contribution in [0, 0.1) is 0 Å². The number of nitrogens with zero attached hydrogens (tertiary/aromatic N) is 2. The second-order valence-corrected chi connectivity index (χ2v) is 6.98. The van der Waals surface area contributed by atoms with Gasteiger partial charge in [-0.1, -0.05) is 30.3 Å². The van der Waals surface area contributed by atoms with Crippen LogP contribution < -0.4 is 5.32 Å². The minimum Gasteiger partial charge on any atom is -0.451 e. The molecule has 2 fully saturated rings. The van der Waals surface area contributed by atoms with Crippen molar-refractivity contribution >= 4 is 23.8 Å². The number of ether oxygens (including phenoxy) is 1. The van der Waals surface area contributed by atoms with Crippen molar-refractivity contribution in [2.24, 2.45) is 0 Å². The van der Waals surface area contributed by atoms with E-state index in [-0.39, 0.29) is 5.91 Å². The molecule has 8 heteroatoms. The number of rotatable bonds is 5. The summed E-state index contributed by atoms with van der Waals surface area (Å²) in [7, 11) is 0. The van der Waals surface area contributed by atoms with Gasteiger partial charge in [0.25, 0.3) is 11.8 Å². The number of carbonyl (C=O) groups is 4. The number of nitrogens with one attached hydrogen (secondary N) is 1. The van der Waals surface area contributed by atoms with E-state index in [0.29, 0.717) is 18.7 Å². The first-order chi connectivity index (χ1) is 12.8. The zero-order valence-electron chi connectivity index (χ0n) is 15.4. The average molecular weight is 373 g/mol. The molecule has 27 heavy (non-hydrogen) atoms. The molecule has 0 unspecified atom stereocenters. The molecule has 0 aromatic heterocycles. The highest BCUT2D eigenvalue weighted by molar-refractivity contribution is 6.08. The van der Waals surface area contributed by atoms with Crippen LogP contribution in [0.2, 0.25) is 0 Å². The van der Waals surface area contributed by atoms with E-state index in [2.05, 4.69) is 5.32 Å². The number of hydrogen-bond donors (Lipinski definition) is 1. The Bertz CT molecular complexity index is 760. The number of likely N-dealkylation sites (tertiary alicyclic amines) is 1. The van der Waals surface area contributed by atoms with Gasteiger partial charge in [-0.3, -0.25) is 19.3 Å². The van der Waals surface area contributed by atoms with E-state index in [1.54, 1.807) is 36.1 Å². The third kappa shape index (κ3) is 3.65. The summed E-state index contributed by atoms with van der Waals surface area (Å²) in [5.41, 5.74) is -0.618. The van der Waals surface area contributed by atoms with E-state index in [4.69, 9.17) is 4.74 Å². The predicted octanol–water partition coefficient (Wildman–Crippen LogP) is 1.01. The zero-order valence-corrected chi connectivity index (χ0v) is 15.4. The quantitative estimate of drug-likeness (QED) is 0.614. The molecule has 0 bridgehead atoms. The van der Waals surface area contributed by atoms with Gasteiger partial charge in [0, 0.05) is 13.1 Å². The number of amides is 4. The van der Waals surface area contributed by atoms with Gasteiger partial charge in [-0.2, -0.15) is 0 Å². The molecule has 1 aromatic carbocycles. The minimum atomic E-state index is -1.24. The average Bonchev–Trinajstić information content (AvgIpc) is 3.26. The maximum atomic E-state index is 12.8. The SMILES string of the molecule is C[C@H](OC(=O)CN1C(=O)N[C@@](C)(c2ccccc2)C1=O)C(=O)N1CCCC1. The molecule has 0 aliphatic carbocycles. The lowest BCUT2D eigenvalue weighted by atomic mass is 9.92. The molecule has 8 nitrogen and oxygen atoms in total. The standard InChI is InChI=1S/C19H23N3O5/c1-13(16(24)21-10-6-7-11-21)27-15(23)12-22-17(25)19(2,20-18(22)26)14-8-4-3-5-9-14/h3-5,8-9,13H,6-7,10-12H2,1-2H3,(H,20,26)/t13-,19-/m0/s1. The maximum absolute atomic E-state index is 12.8. The third-order valence-corrected chi connectivity index (χ3v) is 4.99. The molecule has 0 spiro atoms. The summed E-state index contributed by atoms with van der Waals surface area (Å²) in [4.78, 5) is 51.9. The van der Waals surface area contributed by atoms with Crippen molar-refractivity contribution in [3.05, 3.63) is 35.9 Å². The number of imide groups is 1. The molecule has 144 valence electrons. The van der Waals surface area contributed by atoms with Crippen LogP contribution >= 0.6 is 0 Å². The van der Waals surface area contributed by atoms with Crippen molar-refractivity contribution < 1.29 is 23.9 Å². The number of hydrogen-bond acceptors (Lipinski definition) is 5. The Kier molecular flexibility index (Phi) is 5.16. The van der Waals surface area contributed by atoms with Gasteiger partial charge in [0.1, 0.15) is 12.1 Å². The van der Waals surface area contributed by atoms with Crippen molar-refractivity contribution in [3.8, 4) is 0 Å². The second-order valence-electron chi connectivity index (χ2n) is 6.98. The van der Waals surface area contributed by atoms with Crippen LogP contribution in [0.4, 0.5) is 4.79 Å². The molecular formula is C19H23N3O5. The molecule has 0 radical (unpaired) electrons. The maximum Gasteiger partial charge on any atom is 0.327 e. The van der Waals surface area contributed by atoms with Crippen LogP contribution in [0.15, 0.2) is 30.3 Å². The number of benzene rings is 1. The summed E-state index contributed by atoms with van der Waals surface area (Å²) in [5, 5.41) is 2.63. The lowest BCUT2D eigenvalue weighted by molar-refractivity contribution is -0.160. The van der Waals surface area contributed by atoms with Gasteiger partial charge in [-0.15, -0.1) is 0 Å². The molecule has 2 heterocycles. The molecule has 2 atom stereocenters. The molecule has 2 aliphatic rings. The Hall–Kier alpha value is -2.90. The Morgan fingerprint density at radius 2 is 1.81 bits per heavy atom. The van der Waals surface area contributed by atoms with Gasteiger partial charge in [0.05, 0.1) is 0 Å². The fraction of sp³-hybridized carbons (Fsp3) is 0.474. The van der Waals surface area contributed by atoms with Gasteiger partial charge < -0.3 is 15.0 Å². The third-order valence-electron chi connectivity index (χ3n) is 4.99. The highest BCUT2D eigenvalue weighted by Crippen LogP contribution is 2.28. The van der Waals surface area contributed by atoms with Crippen LogP contribution in [-0.4, -0.2) is 59.4 Å². The topological polar surface area (TPSA) is 96.0 Å². The highest BCUT2D eigenvalue weighted by Gasteiger charge is 2.49. The molecule has 4 amide bonds. The Labute approximate surface area is 157 Å². The fourth-order valence-electron chi connectivity index (χ4n) is 3.42. The first kappa shape index (κ1) is 18.9.